The van der Waals surface area contributed by atoms with Crippen molar-refractivity contribution in [3.8, 4) is 5.75 Å². The second-order valence-electron chi connectivity index (χ2n) is 3.69. The van der Waals surface area contributed by atoms with E-state index < -0.39 is 0 Å². The normalized spacial score (nSPS) is 10.7. The van der Waals surface area contributed by atoms with Gasteiger partial charge in [0.2, 0.25) is 0 Å². The first-order valence-electron chi connectivity index (χ1n) is 5.34. The van der Waals surface area contributed by atoms with Gasteiger partial charge in [-0.25, -0.2) is 5.43 Å². The summed E-state index contributed by atoms with van der Waals surface area (Å²) >= 11 is 0. The van der Waals surface area contributed by atoms with Crippen LogP contribution in [-0.4, -0.2) is 17.2 Å². The molecular weight excluding hydrogens is 232 g/mol. The number of aryl methyl sites for hydroxylation is 1. The Kier molecular flexibility index (Phi) is 3.43. The zero-order valence-electron chi connectivity index (χ0n) is 9.75. The van der Waals surface area contributed by atoms with Crippen LogP contribution in [0.5, 0.6) is 5.75 Å². The number of amides is 1. The van der Waals surface area contributed by atoms with Gasteiger partial charge in [-0.3, -0.25) is 4.79 Å². The van der Waals surface area contributed by atoms with E-state index in [1.165, 1.54) is 30.5 Å². The van der Waals surface area contributed by atoms with Crippen LogP contribution in [0.1, 0.15) is 21.9 Å². The first kappa shape index (κ1) is 11.9. The fourth-order valence-corrected chi connectivity index (χ4v) is 1.35. The summed E-state index contributed by atoms with van der Waals surface area (Å²) in [7, 11) is 0. The largest absolute Gasteiger partial charge is 0.508 e. The van der Waals surface area contributed by atoms with Crippen molar-refractivity contribution in [3.63, 3.8) is 0 Å². The molecule has 1 aromatic heterocycles. The number of nitrogens with zero attached hydrogens (tertiary/aromatic N) is 1. The van der Waals surface area contributed by atoms with Crippen molar-refractivity contribution < 1.29 is 14.3 Å². The topological polar surface area (TPSA) is 74.8 Å². The van der Waals surface area contributed by atoms with Gasteiger partial charge in [0.25, 0.3) is 5.91 Å². The smallest absolute Gasteiger partial charge is 0.271 e. The quantitative estimate of drug-likeness (QED) is 0.641. The first-order chi connectivity index (χ1) is 8.65. The summed E-state index contributed by atoms with van der Waals surface area (Å²) in [4.78, 5) is 11.6. The molecule has 2 N–H and O–H groups in total. The number of furan rings is 1. The minimum atomic E-state index is -0.352. The predicted molar refractivity (Wildman–Crippen MR) is 66.6 cm³/mol. The Morgan fingerprint density at radius 3 is 2.61 bits per heavy atom. The third-order valence-corrected chi connectivity index (χ3v) is 2.25. The molecule has 0 spiro atoms. The van der Waals surface area contributed by atoms with Crippen LogP contribution in [0, 0.1) is 6.92 Å². The van der Waals surface area contributed by atoms with Crippen molar-refractivity contribution in [2.45, 2.75) is 6.92 Å². The molecule has 0 saturated carbocycles. The van der Waals surface area contributed by atoms with Crippen LogP contribution in [0.3, 0.4) is 0 Å². The molecule has 2 rings (SSSR count). The van der Waals surface area contributed by atoms with Crippen molar-refractivity contribution in [1.82, 2.24) is 5.43 Å². The fraction of sp³-hybridized carbons (Fsp3) is 0.0769. The maximum atomic E-state index is 11.6. The molecule has 0 bridgehead atoms. The molecular formula is C13H12N2O3. The van der Waals surface area contributed by atoms with Gasteiger partial charge < -0.3 is 9.52 Å². The van der Waals surface area contributed by atoms with E-state index in [1.807, 2.05) is 13.0 Å². The van der Waals surface area contributed by atoms with E-state index >= 15 is 0 Å². The molecule has 0 saturated heterocycles. The Morgan fingerprint density at radius 1 is 1.28 bits per heavy atom. The molecule has 0 aliphatic heterocycles. The van der Waals surface area contributed by atoms with Crippen molar-refractivity contribution in [1.29, 1.82) is 0 Å². The molecule has 1 heterocycles. The summed E-state index contributed by atoms with van der Waals surface area (Å²) in [5.41, 5.74) is 2.78. The lowest BCUT2D eigenvalue weighted by Crippen LogP contribution is -2.17. The van der Waals surface area contributed by atoms with Crippen molar-refractivity contribution >= 4 is 12.1 Å². The molecule has 0 atom stereocenters. The molecule has 1 aromatic carbocycles. The van der Waals surface area contributed by atoms with Gasteiger partial charge >= 0.3 is 0 Å². The number of rotatable bonds is 3. The Bertz CT molecular complexity index is 570. The highest BCUT2D eigenvalue weighted by atomic mass is 16.3. The summed E-state index contributed by atoms with van der Waals surface area (Å²) < 4.78 is 5.25. The number of aromatic hydroxyl groups is 1. The van der Waals surface area contributed by atoms with Crippen molar-refractivity contribution in [2.24, 2.45) is 5.10 Å². The number of benzene rings is 1. The number of hydrazone groups is 1. The zero-order chi connectivity index (χ0) is 13.0. The third kappa shape index (κ3) is 2.98. The average Bonchev–Trinajstić information content (AvgIpc) is 2.76. The minimum Gasteiger partial charge on any atom is -0.508 e. The number of carbonyl (C=O) groups is 1. The standard InChI is InChI=1S/C13H12N2O3/c1-9-2-7-12(18-9)8-14-15-13(17)10-3-5-11(16)6-4-10/h2-8,16H,1H3,(H,15,17)/b14-8+. The van der Waals surface area contributed by atoms with E-state index in [-0.39, 0.29) is 11.7 Å². The highest BCUT2D eigenvalue weighted by Crippen LogP contribution is 2.09. The number of hydrogen-bond acceptors (Lipinski definition) is 4. The Labute approximate surface area is 104 Å². The lowest BCUT2D eigenvalue weighted by Gasteiger charge is -1.99. The van der Waals surface area contributed by atoms with Crippen LogP contribution < -0.4 is 5.43 Å². The van der Waals surface area contributed by atoms with Crippen LogP contribution in [0.4, 0.5) is 0 Å². The number of phenols is 1. The van der Waals surface area contributed by atoms with E-state index in [0.29, 0.717) is 11.3 Å². The third-order valence-electron chi connectivity index (χ3n) is 2.25. The molecule has 1 amide bonds. The van der Waals surface area contributed by atoms with Gasteiger partial charge in [-0.2, -0.15) is 5.10 Å². The lowest BCUT2D eigenvalue weighted by molar-refractivity contribution is 0.0955. The second kappa shape index (κ2) is 5.18. The van der Waals surface area contributed by atoms with Gasteiger partial charge in [0.1, 0.15) is 17.3 Å². The number of nitrogens with one attached hydrogen (secondary N) is 1. The van der Waals surface area contributed by atoms with E-state index in [9.17, 15) is 4.79 Å². The molecule has 18 heavy (non-hydrogen) atoms. The van der Waals surface area contributed by atoms with Gasteiger partial charge in [-0.15, -0.1) is 0 Å². The fourth-order valence-electron chi connectivity index (χ4n) is 1.35. The van der Waals surface area contributed by atoms with Gasteiger partial charge in [0, 0.05) is 5.56 Å². The number of phenolic OH excluding ortho intramolecular Hbond substituents is 1. The Hall–Kier alpha value is -2.56. The van der Waals surface area contributed by atoms with Gasteiger partial charge in [-0.1, -0.05) is 0 Å². The molecule has 5 nitrogen and oxygen atoms in total. The maximum absolute atomic E-state index is 11.6. The first-order valence-corrected chi connectivity index (χ1v) is 5.34. The average molecular weight is 244 g/mol. The predicted octanol–water partition coefficient (Wildman–Crippen LogP) is 2.06. The molecule has 0 aliphatic rings. The summed E-state index contributed by atoms with van der Waals surface area (Å²) in [6.45, 7) is 1.83. The number of carbonyl (C=O) groups excluding carboxylic acids is 1. The molecule has 92 valence electrons. The van der Waals surface area contributed by atoms with Crippen molar-refractivity contribution in [3.05, 3.63) is 53.5 Å². The van der Waals surface area contributed by atoms with Crippen LogP contribution in [0.15, 0.2) is 45.9 Å². The molecule has 0 unspecified atom stereocenters. The molecule has 0 radical (unpaired) electrons. The molecule has 0 fully saturated rings. The number of hydrogen-bond donors (Lipinski definition) is 2. The van der Waals surface area contributed by atoms with Crippen LogP contribution >= 0.6 is 0 Å². The SMILES string of the molecule is Cc1ccc(/C=N/NC(=O)c2ccc(O)cc2)o1. The zero-order valence-corrected chi connectivity index (χ0v) is 9.75. The molecule has 5 heteroatoms. The Balaban J connectivity index is 1.96. The highest BCUT2D eigenvalue weighted by Gasteiger charge is 2.03. The minimum absolute atomic E-state index is 0.112. The monoisotopic (exact) mass is 244 g/mol. The highest BCUT2D eigenvalue weighted by molar-refractivity contribution is 5.94. The van der Waals surface area contributed by atoms with E-state index in [0.717, 1.165) is 5.76 Å². The summed E-state index contributed by atoms with van der Waals surface area (Å²) in [5, 5.41) is 12.9. The van der Waals surface area contributed by atoms with E-state index in [4.69, 9.17) is 9.52 Å². The van der Waals surface area contributed by atoms with Crippen LogP contribution in [0.2, 0.25) is 0 Å². The lowest BCUT2D eigenvalue weighted by atomic mass is 10.2. The van der Waals surface area contributed by atoms with Gasteiger partial charge in [0.05, 0.1) is 6.21 Å². The molecule has 0 aliphatic carbocycles. The van der Waals surface area contributed by atoms with Gasteiger partial charge in [-0.05, 0) is 43.3 Å². The summed E-state index contributed by atoms with van der Waals surface area (Å²) in [5.74, 6) is 1.11. The van der Waals surface area contributed by atoms with Gasteiger partial charge in [0.15, 0.2) is 0 Å². The van der Waals surface area contributed by atoms with E-state index in [2.05, 4.69) is 10.5 Å². The van der Waals surface area contributed by atoms with Crippen LogP contribution in [0.25, 0.3) is 0 Å². The second-order valence-corrected chi connectivity index (χ2v) is 3.69. The van der Waals surface area contributed by atoms with Crippen molar-refractivity contribution in [2.75, 3.05) is 0 Å². The summed E-state index contributed by atoms with van der Waals surface area (Å²) in [6.07, 6.45) is 1.42. The van der Waals surface area contributed by atoms with E-state index in [1.54, 1.807) is 6.07 Å². The Morgan fingerprint density at radius 2 is 2.00 bits per heavy atom. The summed E-state index contributed by atoms with van der Waals surface area (Å²) in [6, 6.07) is 9.46. The molecule has 2 aromatic rings. The van der Waals surface area contributed by atoms with Crippen LogP contribution in [-0.2, 0) is 0 Å². The maximum Gasteiger partial charge on any atom is 0.271 e.